The molecule has 7 nitrogen and oxygen atoms in total. The summed E-state index contributed by atoms with van der Waals surface area (Å²) in [6.07, 6.45) is -4.32. The van der Waals surface area contributed by atoms with Crippen LogP contribution in [0.25, 0.3) is 0 Å². The molecule has 0 saturated heterocycles. The van der Waals surface area contributed by atoms with Gasteiger partial charge in [0, 0.05) is 19.0 Å². The monoisotopic (exact) mass is 717 g/mol. The third kappa shape index (κ3) is 9.60. The minimum absolute atomic E-state index is 0.0277. The summed E-state index contributed by atoms with van der Waals surface area (Å²) in [5, 5.41) is 2.24. The van der Waals surface area contributed by atoms with Gasteiger partial charge in [0.25, 0.3) is 10.0 Å². The molecule has 49 heavy (non-hydrogen) atoms. The standard InChI is InChI=1S/C36H36ClF4N3O4S/c1-4-25(3)42-35(46)33(20-26-8-6-5-7-9-26)43(22-27-12-14-28(38)15-13-27)34(45)23-44(49(47,48)30-17-10-24(2)11-18-30)29-16-19-32(37)31(21-29)36(39,40)41/h5-19,21,25,33H,4,20,22-23H2,1-3H3,(H,42,46)/t25-,33-/m1/s1. The van der Waals surface area contributed by atoms with Crippen molar-refractivity contribution in [1.82, 2.24) is 10.2 Å². The molecule has 0 aliphatic rings. The number of aryl methyl sites for hydroxylation is 1. The molecule has 13 heteroatoms. The molecule has 4 aromatic rings. The molecule has 0 fully saturated rings. The van der Waals surface area contributed by atoms with Gasteiger partial charge in [-0.3, -0.25) is 13.9 Å². The van der Waals surface area contributed by atoms with E-state index >= 15 is 0 Å². The molecule has 0 bridgehead atoms. The van der Waals surface area contributed by atoms with Gasteiger partial charge in [0.2, 0.25) is 11.8 Å². The first-order chi connectivity index (χ1) is 23.1. The molecule has 0 aliphatic carbocycles. The molecule has 4 aromatic carbocycles. The molecule has 0 aliphatic heterocycles. The normalized spacial score (nSPS) is 13.0. The first-order valence-electron chi connectivity index (χ1n) is 15.4. The Labute approximate surface area is 288 Å². The second kappa shape index (κ2) is 15.9. The Kier molecular flexibility index (Phi) is 12.1. The van der Waals surface area contributed by atoms with Crippen molar-refractivity contribution in [3.8, 4) is 0 Å². The number of hydrogen-bond acceptors (Lipinski definition) is 4. The van der Waals surface area contributed by atoms with Crippen LogP contribution in [0.5, 0.6) is 0 Å². The van der Waals surface area contributed by atoms with E-state index in [2.05, 4.69) is 5.32 Å². The first kappa shape index (κ1) is 37.4. The van der Waals surface area contributed by atoms with Crippen LogP contribution < -0.4 is 9.62 Å². The third-order valence-electron chi connectivity index (χ3n) is 7.97. The van der Waals surface area contributed by atoms with Crippen molar-refractivity contribution in [3.05, 3.63) is 130 Å². The Morgan fingerprint density at radius 1 is 0.898 bits per heavy atom. The van der Waals surface area contributed by atoms with E-state index in [1.54, 1.807) is 44.2 Å². The van der Waals surface area contributed by atoms with E-state index in [-0.39, 0.29) is 23.9 Å². The lowest BCUT2D eigenvalue weighted by Crippen LogP contribution is -2.54. The number of carbonyl (C=O) groups excluding carboxylic acids is 2. The number of hydrogen-bond donors (Lipinski definition) is 1. The van der Waals surface area contributed by atoms with Crippen LogP contribution in [0.1, 0.15) is 42.5 Å². The van der Waals surface area contributed by atoms with E-state index < -0.39 is 62.7 Å². The number of alkyl halides is 3. The Morgan fingerprint density at radius 2 is 1.53 bits per heavy atom. The molecule has 0 radical (unpaired) electrons. The smallest absolute Gasteiger partial charge is 0.352 e. The summed E-state index contributed by atoms with van der Waals surface area (Å²) in [5.41, 5.74) is 0.106. The van der Waals surface area contributed by atoms with Gasteiger partial charge in [-0.15, -0.1) is 0 Å². The Balaban J connectivity index is 1.87. The largest absolute Gasteiger partial charge is 0.417 e. The number of benzene rings is 4. The average Bonchev–Trinajstić information content (AvgIpc) is 3.06. The summed E-state index contributed by atoms with van der Waals surface area (Å²) in [5.74, 6) is -1.94. The second-order valence-corrected chi connectivity index (χ2v) is 13.9. The number of rotatable bonds is 13. The molecule has 0 saturated carbocycles. The fourth-order valence-electron chi connectivity index (χ4n) is 5.03. The maximum absolute atomic E-state index is 14.5. The molecule has 0 heterocycles. The van der Waals surface area contributed by atoms with Gasteiger partial charge in [-0.05, 0) is 73.9 Å². The summed E-state index contributed by atoms with van der Waals surface area (Å²) < 4.78 is 84.6. The quantitative estimate of drug-likeness (QED) is 0.145. The molecule has 1 N–H and O–H groups in total. The van der Waals surface area contributed by atoms with Crippen molar-refractivity contribution in [2.75, 3.05) is 10.8 Å². The second-order valence-electron chi connectivity index (χ2n) is 11.7. The fourth-order valence-corrected chi connectivity index (χ4v) is 6.66. The van der Waals surface area contributed by atoms with Crippen LogP contribution in [0.4, 0.5) is 23.2 Å². The van der Waals surface area contributed by atoms with Gasteiger partial charge in [-0.2, -0.15) is 13.2 Å². The lowest BCUT2D eigenvalue weighted by atomic mass is 10.0. The van der Waals surface area contributed by atoms with Crippen LogP contribution in [0.2, 0.25) is 5.02 Å². The number of nitrogens with zero attached hydrogens (tertiary/aromatic N) is 2. The highest BCUT2D eigenvalue weighted by Crippen LogP contribution is 2.38. The lowest BCUT2D eigenvalue weighted by Gasteiger charge is -2.34. The minimum Gasteiger partial charge on any atom is -0.352 e. The van der Waals surface area contributed by atoms with Crippen LogP contribution in [0, 0.1) is 12.7 Å². The maximum Gasteiger partial charge on any atom is 0.417 e. The molecule has 2 amide bonds. The average molecular weight is 718 g/mol. The highest BCUT2D eigenvalue weighted by molar-refractivity contribution is 7.92. The summed E-state index contributed by atoms with van der Waals surface area (Å²) in [6, 6.07) is 20.8. The lowest BCUT2D eigenvalue weighted by molar-refractivity contribution is -0.140. The number of anilines is 1. The Bertz CT molecular complexity index is 1860. The highest BCUT2D eigenvalue weighted by atomic mass is 35.5. The topological polar surface area (TPSA) is 86.8 Å². The highest BCUT2D eigenvalue weighted by Gasteiger charge is 2.38. The summed E-state index contributed by atoms with van der Waals surface area (Å²) in [7, 11) is -4.66. The zero-order valence-electron chi connectivity index (χ0n) is 27.0. The van der Waals surface area contributed by atoms with Gasteiger partial charge >= 0.3 is 6.18 Å². The molecular weight excluding hydrogens is 682 g/mol. The molecule has 0 unspecified atom stereocenters. The van der Waals surface area contributed by atoms with E-state index in [9.17, 15) is 35.6 Å². The van der Waals surface area contributed by atoms with Crippen LogP contribution in [-0.2, 0) is 38.8 Å². The van der Waals surface area contributed by atoms with Gasteiger partial charge in [-0.1, -0.05) is 78.7 Å². The summed E-state index contributed by atoms with van der Waals surface area (Å²) in [4.78, 5) is 29.3. The van der Waals surface area contributed by atoms with Crippen molar-refractivity contribution in [2.45, 2.75) is 63.3 Å². The number of sulfonamides is 1. The van der Waals surface area contributed by atoms with E-state index in [0.29, 0.717) is 27.9 Å². The fraction of sp³-hybridized carbons (Fsp3) is 0.278. The van der Waals surface area contributed by atoms with Crippen molar-refractivity contribution >= 4 is 39.1 Å². The maximum atomic E-state index is 14.5. The third-order valence-corrected chi connectivity index (χ3v) is 10.1. The Hall–Kier alpha value is -4.42. The first-order valence-corrected chi connectivity index (χ1v) is 17.3. The van der Waals surface area contributed by atoms with Crippen LogP contribution >= 0.6 is 11.6 Å². The van der Waals surface area contributed by atoms with E-state index in [1.807, 2.05) is 6.92 Å². The predicted molar refractivity (Wildman–Crippen MR) is 181 cm³/mol. The van der Waals surface area contributed by atoms with E-state index in [0.717, 1.165) is 17.7 Å². The molecule has 4 rings (SSSR count). The van der Waals surface area contributed by atoms with Gasteiger partial charge in [0.1, 0.15) is 18.4 Å². The number of carbonyl (C=O) groups is 2. The van der Waals surface area contributed by atoms with Gasteiger partial charge in [-0.25, -0.2) is 12.8 Å². The van der Waals surface area contributed by atoms with E-state index in [4.69, 9.17) is 11.6 Å². The number of nitrogens with one attached hydrogen (secondary N) is 1. The summed E-state index contributed by atoms with van der Waals surface area (Å²) in [6.45, 7) is 4.18. The zero-order chi connectivity index (χ0) is 35.9. The van der Waals surface area contributed by atoms with Gasteiger partial charge in [0.15, 0.2) is 0 Å². The number of amides is 2. The van der Waals surface area contributed by atoms with Crippen LogP contribution in [0.15, 0.2) is 102 Å². The molecular formula is C36H36ClF4N3O4S. The molecule has 0 spiro atoms. The van der Waals surface area contributed by atoms with E-state index in [1.165, 1.54) is 53.4 Å². The van der Waals surface area contributed by atoms with Crippen LogP contribution in [0.3, 0.4) is 0 Å². The SMILES string of the molecule is CC[C@@H](C)NC(=O)[C@@H](Cc1ccccc1)N(Cc1ccc(F)cc1)C(=O)CN(c1ccc(Cl)c(C(F)(F)F)c1)S(=O)(=O)c1ccc(C)cc1. The van der Waals surface area contributed by atoms with Crippen molar-refractivity contribution in [3.63, 3.8) is 0 Å². The molecule has 0 aromatic heterocycles. The zero-order valence-corrected chi connectivity index (χ0v) is 28.6. The molecule has 260 valence electrons. The van der Waals surface area contributed by atoms with Crippen LogP contribution in [-0.4, -0.2) is 43.8 Å². The van der Waals surface area contributed by atoms with Crippen molar-refractivity contribution in [2.24, 2.45) is 0 Å². The van der Waals surface area contributed by atoms with Gasteiger partial charge < -0.3 is 10.2 Å². The Morgan fingerprint density at radius 3 is 2.12 bits per heavy atom. The molecule has 2 atom stereocenters. The predicted octanol–water partition coefficient (Wildman–Crippen LogP) is 7.56. The van der Waals surface area contributed by atoms with Crippen molar-refractivity contribution in [1.29, 1.82) is 0 Å². The summed E-state index contributed by atoms with van der Waals surface area (Å²) >= 11 is 5.86. The minimum atomic E-state index is -4.93. The van der Waals surface area contributed by atoms with Crippen molar-refractivity contribution < 1.29 is 35.6 Å². The van der Waals surface area contributed by atoms with Gasteiger partial charge in [0.05, 0.1) is 21.2 Å². The number of halogens is 5.